The van der Waals surface area contributed by atoms with Crippen LogP contribution in [0.4, 0.5) is 5.82 Å². The number of fused-ring (bicyclic) bond motifs is 1. The highest BCUT2D eigenvalue weighted by Gasteiger charge is 2.35. The van der Waals surface area contributed by atoms with E-state index in [-0.39, 0.29) is 6.04 Å². The Morgan fingerprint density at radius 1 is 0.759 bits per heavy atom. The van der Waals surface area contributed by atoms with Crippen molar-refractivity contribution in [3.05, 3.63) is 12.7 Å². The summed E-state index contributed by atoms with van der Waals surface area (Å²) < 4.78 is 2.13. The molecule has 1 saturated heterocycles. The van der Waals surface area contributed by atoms with Gasteiger partial charge in [-0.1, -0.05) is 38.5 Å². The van der Waals surface area contributed by atoms with Crippen molar-refractivity contribution in [3.63, 3.8) is 0 Å². The number of rotatable bonds is 3. The number of imidazole rings is 1. The fraction of sp³-hybridized carbons (Fsp3) is 0.773. The first-order chi connectivity index (χ1) is 14.2. The first kappa shape index (κ1) is 19.2. The van der Waals surface area contributed by atoms with Crippen molar-refractivity contribution in [3.8, 4) is 0 Å². The molecule has 3 heterocycles. The zero-order chi connectivity index (χ0) is 19.8. The quantitative estimate of drug-likeness (QED) is 0.772. The predicted molar refractivity (Wildman–Crippen MR) is 112 cm³/mol. The van der Waals surface area contributed by atoms with Crippen LogP contribution in [0.25, 0.3) is 11.2 Å². The van der Waals surface area contributed by atoms with Gasteiger partial charge in [0.25, 0.3) is 0 Å². The lowest BCUT2D eigenvalue weighted by Gasteiger charge is -2.44. The SMILES string of the molecule is O[C@@H]1CCC(n2cnc3c(N4CC(C5CCCCCC5)C4)ncnc32)CC[C@@H]1O. The average Bonchev–Trinajstić information content (AvgIpc) is 2.84. The molecule has 2 saturated carbocycles. The molecule has 3 fully saturated rings. The number of hydrogen-bond donors (Lipinski definition) is 2. The first-order valence-electron chi connectivity index (χ1n) is 11.5. The van der Waals surface area contributed by atoms with Crippen molar-refractivity contribution < 1.29 is 10.2 Å². The van der Waals surface area contributed by atoms with E-state index in [4.69, 9.17) is 0 Å². The summed E-state index contributed by atoms with van der Waals surface area (Å²) in [4.78, 5) is 16.2. The lowest BCUT2D eigenvalue weighted by Crippen LogP contribution is -2.50. The molecular weight excluding hydrogens is 366 g/mol. The summed E-state index contributed by atoms with van der Waals surface area (Å²) in [6.45, 7) is 2.18. The van der Waals surface area contributed by atoms with E-state index in [1.54, 1.807) is 6.33 Å². The molecule has 3 aliphatic rings. The third-order valence-corrected chi connectivity index (χ3v) is 7.54. The topological polar surface area (TPSA) is 87.3 Å². The van der Waals surface area contributed by atoms with Crippen LogP contribution in [0.2, 0.25) is 0 Å². The molecule has 0 bridgehead atoms. The molecular formula is C22H33N5O2. The van der Waals surface area contributed by atoms with Crippen molar-refractivity contribution in [2.24, 2.45) is 11.8 Å². The molecule has 0 aromatic carbocycles. The van der Waals surface area contributed by atoms with Gasteiger partial charge in [-0.3, -0.25) is 0 Å². The van der Waals surface area contributed by atoms with E-state index in [1.807, 2.05) is 6.33 Å². The van der Waals surface area contributed by atoms with Gasteiger partial charge in [0.15, 0.2) is 17.0 Å². The molecule has 0 spiro atoms. The van der Waals surface area contributed by atoms with Gasteiger partial charge >= 0.3 is 0 Å². The van der Waals surface area contributed by atoms with Crippen molar-refractivity contribution in [2.75, 3.05) is 18.0 Å². The van der Waals surface area contributed by atoms with Gasteiger partial charge in [-0.2, -0.15) is 0 Å². The van der Waals surface area contributed by atoms with Crippen LogP contribution in [-0.4, -0.2) is 55.0 Å². The predicted octanol–water partition coefficient (Wildman–Crippen LogP) is 3.07. The average molecular weight is 400 g/mol. The first-order valence-corrected chi connectivity index (χ1v) is 11.5. The third kappa shape index (κ3) is 3.75. The molecule has 2 aliphatic carbocycles. The maximum atomic E-state index is 9.99. The molecule has 1 unspecified atom stereocenters. The maximum Gasteiger partial charge on any atom is 0.165 e. The Labute approximate surface area is 172 Å². The van der Waals surface area contributed by atoms with E-state index in [9.17, 15) is 10.2 Å². The zero-order valence-corrected chi connectivity index (χ0v) is 17.2. The highest BCUT2D eigenvalue weighted by atomic mass is 16.3. The van der Waals surface area contributed by atoms with Gasteiger partial charge in [0, 0.05) is 19.1 Å². The molecule has 2 N–H and O–H groups in total. The van der Waals surface area contributed by atoms with Crippen LogP contribution < -0.4 is 4.90 Å². The molecule has 7 heteroatoms. The Hall–Kier alpha value is -1.73. The number of aliphatic hydroxyl groups excluding tert-OH is 2. The summed E-state index contributed by atoms with van der Waals surface area (Å²) in [6, 6.07) is 0.213. The Bertz CT molecular complexity index is 814. The second-order valence-corrected chi connectivity index (χ2v) is 9.38. The molecule has 2 aromatic rings. The van der Waals surface area contributed by atoms with Crippen molar-refractivity contribution in [1.82, 2.24) is 19.5 Å². The largest absolute Gasteiger partial charge is 0.390 e. The van der Waals surface area contributed by atoms with E-state index in [1.165, 1.54) is 38.5 Å². The van der Waals surface area contributed by atoms with Gasteiger partial charge < -0.3 is 19.7 Å². The number of aliphatic hydroxyl groups is 2. The fourth-order valence-electron chi connectivity index (χ4n) is 5.64. The fourth-order valence-corrected chi connectivity index (χ4v) is 5.64. The Kier molecular flexibility index (Phi) is 5.43. The number of anilines is 1. The summed E-state index contributed by atoms with van der Waals surface area (Å²) in [5.41, 5.74) is 1.76. The molecule has 3 atom stereocenters. The maximum absolute atomic E-state index is 9.99. The van der Waals surface area contributed by atoms with Gasteiger partial charge in [-0.15, -0.1) is 0 Å². The summed E-state index contributed by atoms with van der Waals surface area (Å²) >= 11 is 0. The van der Waals surface area contributed by atoms with Crippen LogP contribution >= 0.6 is 0 Å². The van der Waals surface area contributed by atoms with Crippen molar-refractivity contribution >= 4 is 17.0 Å². The van der Waals surface area contributed by atoms with E-state index >= 15 is 0 Å². The Morgan fingerprint density at radius 3 is 2.14 bits per heavy atom. The summed E-state index contributed by atoms with van der Waals surface area (Å²) in [5, 5.41) is 20.0. The molecule has 158 valence electrons. The van der Waals surface area contributed by atoms with Crippen LogP contribution in [0, 0.1) is 11.8 Å². The van der Waals surface area contributed by atoms with Gasteiger partial charge in [0.05, 0.1) is 18.5 Å². The second-order valence-electron chi connectivity index (χ2n) is 9.38. The lowest BCUT2D eigenvalue weighted by atomic mass is 9.81. The van der Waals surface area contributed by atoms with E-state index in [0.717, 1.165) is 54.7 Å². The third-order valence-electron chi connectivity index (χ3n) is 7.54. The normalized spacial score (nSPS) is 30.1. The van der Waals surface area contributed by atoms with Gasteiger partial charge in [-0.05, 0) is 37.5 Å². The molecule has 5 rings (SSSR count). The molecule has 2 aromatic heterocycles. The Morgan fingerprint density at radius 2 is 1.45 bits per heavy atom. The van der Waals surface area contributed by atoms with Crippen molar-refractivity contribution in [1.29, 1.82) is 0 Å². The van der Waals surface area contributed by atoms with E-state index in [2.05, 4.69) is 24.4 Å². The molecule has 0 amide bonds. The number of aromatic nitrogens is 4. The lowest BCUT2D eigenvalue weighted by molar-refractivity contribution is 0.0157. The molecule has 29 heavy (non-hydrogen) atoms. The van der Waals surface area contributed by atoms with Crippen LogP contribution in [0.15, 0.2) is 12.7 Å². The minimum atomic E-state index is -0.623. The van der Waals surface area contributed by atoms with Crippen molar-refractivity contribution in [2.45, 2.75) is 82.5 Å². The highest BCUT2D eigenvalue weighted by molar-refractivity contribution is 5.83. The van der Waals surface area contributed by atoms with Gasteiger partial charge in [-0.25, -0.2) is 15.0 Å². The van der Waals surface area contributed by atoms with Crippen LogP contribution in [0.3, 0.4) is 0 Å². The summed E-state index contributed by atoms with van der Waals surface area (Å²) in [7, 11) is 0. The standard InChI is InChI=1S/C22H33N5O2/c28-18-9-7-17(8-10-19(18)29)27-14-25-20-21(23-13-24-22(20)27)26-11-16(12-26)15-5-3-1-2-4-6-15/h13-19,28-29H,1-12H2/t17?,18-,19+. The number of hydrogen-bond acceptors (Lipinski definition) is 6. The monoisotopic (exact) mass is 399 g/mol. The molecule has 7 nitrogen and oxygen atoms in total. The van der Waals surface area contributed by atoms with Gasteiger partial charge in [0.2, 0.25) is 0 Å². The zero-order valence-electron chi connectivity index (χ0n) is 17.2. The summed E-state index contributed by atoms with van der Waals surface area (Å²) in [5.74, 6) is 2.64. The minimum Gasteiger partial charge on any atom is -0.390 e. The minimum absolute atomic E-state index is 0.213. The van der Waals surface area contributed by atoms with Crippen LogP contribution in [-0.2, 0) is 0 Å². The van der Waals surface area contributed by atoms with E-state index < -0.39 is 12.2 Å². The molecule has 0 radical (unpaired) electrons. The van der Waals surface area contributed by atoms with Crippen LogP contribution in [0.1, 0.15) is 70.3 Å². The highest BCUT2D eigenvalue weighted by Crippen LogP contribution is 2.38. The Balaban J connectivity index is 1.32. The van der Waals surface area contributed by atoms with Crippen LogP contribution in [0.5, 0.6) is 0 Å². The summed E-state index contributed by atoms with van der Waals surface area (Å²) in [6.07, 6.45) is 13.6. The van der Waals surface area contributed by atoms with E-state index in [0.29, 0.717) is 12.8 Å². The van der Waals surface area contributed by atoms with Gasteiger partial charge in [0.1, 0.15) is 6.33 Å². The molecule has 1 aliphatic heterocycles. The smallest absolute Gasteiger partial charge is 0.165 e. The number of nitrogens with zero attached hydrogens (tertiary/aromatic N) is 5. The second kappa shape index (κ2) is 8.19.